The summed E-state index contributed by atoms with van der Waals surface area (Å²) in [5.74, 6) is 0.536. The average molecular weight is 535 g/mol. The molecule has 7 heteroatoms. The van der Waals surface area contributed by atoms with E-state index in [2.05, 4.69) is 10.3 Å². The van der Waals surface area contributed by atoms with Gasteiger partial charge in [0.2, 0.25) is 0 Å². The molecule has 2 rings (SSSR count). The Morgan fingerprint density at radius 2 is 2.10 bits per heavy atom. The molecule has 0 unspecified atom stereocenters. The molecule has 0 aromatic carbocycles. The van der Waals surface area contributed by atoms with E-state index in [-0.39, 0.29) is 0 Å². The van der Waals surface area contributed by atoms with Crippen LogP contribution in [0.15, 0.2) is 18.3 Å². The molecule has 0 spiro atoms. The van der Waals surface area contributed by atoms with E-state index < -0.39 is 11.7 Å². The summed E-state index contributed by atoms with van der Waals surface area (Å²) in [5.41, 5.74) is -0.137. The Morgan fingerprint density at radius 1 is 1.40 bits per heavy atom. The molecule has 1 aromatic heterocycles. The number of aromatic nitrogens is 1. The number of halogens is 3. The predicted octanol–water partition coefficient (Wildman–Crippen LogP) is 2.78. The minimum absolute atomic E-state index is 0. The number of ether oxygens (including phenoxy) is 1. The summed E-state index contributed by atoms with van der Waals surface area (Å²) in [4.78, 5) is 3.82. The monoisotopic (exact) mass is 535 g/mol. The number of nitrogens with one attached hydrogen (secondary N) is 1. The minimum Gasteiger partial charge on any atom is -0.460 e. The molecule has 1 saturated carbocycles. The summed E-state index contributed by atoms with van der Waals surface area (Å²) >= 11 is 0. The first-order chi connectivity index (χ1) is 9.00. The minimum atomic E-state index is -4.33. The fourth-order valence-corrected chi connectivity index (χ4v) is 1.80. The molecule has 1 aromatic rings. The molecule has 0 amide bonds. The van der Waals surface area contributed by atoms with Gasteiger partial charge < -0.3 is 10.1 Å². The molecular formula is C13H16F3LrN2O-. The predicted molar refractivity (Wildman–Crippen MR) is 63.9 cm³/mol. The maximum absolute atomic E-state index is 12.4. The van der Waals surface area contributed by atoms with E-state index >= 15 is 0 Å². The topological polar surface area (TPSA) is 34.1 Å². The van der Waals surface area contributed by atoms with E-state index in [0.717, 1.165) is 31.1 Å². The molecule has 1 aliphatic rings. The number of rotatable bonds is 6. The zero-order valence-electron chi connectivity index (χ0n) is 10.9. The second-order valence-electron chi connectivity index (χ2n) is 4.62. The SMILES string of the molecule is COC[C-](NCc1ccc(C(F)(F)F)cn1)C1CC1.[Lr]. The van der Waals surface area contributed by atoms with Crippen LogP contribution in [0, 0.1) is 12.0 Å². The van der Waals surface area contributed by atoms with Gasteiger partial charge in [0.15, 0.2) is 0 Å². The fourth-order valence-electron chi connectivity index (χ4n) is 1.80. The van der Waals surface area contributed by atoms with Crippen molar-refractivity contribution >= 4 is 0 Å². The summed E-state index contributed by atoms with van der Waals surface area (Å²) in [5, 5.41) is 3.21. The zero-order valence-corrected chi connectivity index (χ0v) is 13.0. The van der Waals surface area contributed by atoms with Crippen LogP contribution in [0.4, 0.5) is 13.2 Å². The summed E-state index contributed by atoms with van der Waals surface area (Å²) in [7, 11) is 1.63. The molecule has 0 aliphatic heterocycles. The number of alkyl halides is 3. The van der Waals surface area contributed by atoms with Crippen LogP contribution < -0.4 is 5.32 Å². The second kappa shape index (κ2) is 6.34. The van der Waals surface area contributed by atoms with Gasteiger partial charge in [0.1, 0.15) is 0 Å². The van der Waals surface area contributed by atoms with Gasteiger partial charge in [-0.05, 0) is 12.1 Å². The van der Waals surface area contributed by atoms with Crippen LogP contribution in [-0.4, -0.2) is 18.7 Å². The van der Waals surface area contributed by atoms with Gasteiger partial charge in [-0.25, -0.2) is 6.04 Å². The molecule has 0 atom stereocenters. The van der Waals surface area contributed by atoms with E-state index in [1.165, 1.54) is 6.07 Å². The summed E-state index contributed by atoms with van der Waals surface area (Å²) in [6.45, 7) is 0.957. The molecule has 1 fully saturated rings. The number of nitrogens with zero attached hydrogens (tertiary/aromatic N) is 1. The van der Waals surface area contributed by atoms with Crippen molar-refractivity contribution in [3.8, 4) is 0 Å². The normalized spacial score (nSPS) is 15.2. The third-order valence-corrected chi connectivity index (χ3v) is 3.02. The largest absolute Gasteiger partial charge is 0.460 e. The van der Waals surface area contributed by atoms with E-state index in [1.54, 1.807) is 7.11 Å². The number of hydrogen-bond acceptors (Lipinski definition) is 3. The Labute approximate surface area is 110 Å². The second-order valence-corrected chi connectivity index (χ2v) is 4.62. The van der Waals surface area contributed by atoms with E-state index in [0.29, 0.717) is 24.8 Å². The Hall–Kier alpha value is -2.14. The summed E-state index contributed by atoms with van der Waals surface area (Å²) in [6, 6.07) is 3.55. The van der Waals surface area contributed by atoms with Gasteiger partial charge in [0, 0.05) is 19.9 Å². The smallest absolute Gasteiger partial charge is 0.417 e. The Bertz CT molecular complexity index is 407. The summed E-state index contributed by atoms with van der Waals surface area (Å²) in [6.07, 6.45) is -1.18. The molecule has 121 valence electrons. The number of hydrogen-bond donors (Lipinski definition) is 1. The quantitative estimate of drug-likeness (QED) is 0.570. The first kappa shape index (κ1) is 15.9. The molecule has 1 heterocycles. The third kappa shape index (κ3) is 4.20. The van der Waals surface area contributed by atoms with Crippen LogP contribution in [0.3, 0.4) is 0 Å². The first-order valence-corrected chi connectivity index (χ1v) is 6.11. The standard InChI is InChI=1S/C13H16F3N2O.Lr/c1-19-8-12(9-2-3-9)18-7-11-5-4-10(6-17-11)13(14,15)16;/h4-6,9,18H,2-3,7-8H2,1H3;/q-1;. The van der Waals surface area contributed by atoms with Crippen LogP contribution >= 0.6 is 0 Å². The van der Waals surface area contributed by atoms with Crippen molar-refractivity contribution in [2.45, 2.75) is 25.6 Å². The van der Waals surface area contributed by atoms with Crippen molar-refractivity contribution in [2.24, 2.45) is 5.92 Å². The third-order valence-electron chi connectivity index (χ3n) is 3.02. The van der Waals surface area contributed by atoms with Crippen LogP contribution in [0.5, 0.6) is 0 Å². The van der Waals surface area contributed by atoms with Crippen LogP contribution in [0.25, 0.3) is 0 Å². The van der Waals surface area contributed by atoms with Crippen LogP contribution in [0.1, 0.15) is 24.1 Å². The van der Waals surface area contributed by atoms with Crippen LogP contribution in [-0.2, 0) is 17.5 Å². The average Bonchev–Trinajstić information content (AvgIpc) is 3.18. The van der Waals surface area contributed by atoms with Crippen molar-refractivity contribution < 1.29 is 17.9 Å². The molecule has 1 radical (unpaired) electrons. The first-order valence-electron chi connectivity index (χ1n) is 6.11. The van der Waals surface area contributed by atoms with E-state index in [4.69, 9.17) is 4.74 Å². The number of methoxy groups -OCH3 is 1. The molecule has 3 nitrogen and oxygen atoms in total. The van der Waals surface area contributed by atoms with Crippen molar-refractivity contribution in [1.29, 1.82) is 0 Å². The maximum Gasteiger partial charge on any atom is 0.417 e. The van der Waals surface area contributed by atoms with Crippen LogP contribution in [0.2, 0.25) is 0 Å². The van der Waals surface area contributed by atoms with Gasteiger partial charge in [-0.3, -0.25) is 4.98 Å². The van der Waals surface area contributed by atoms with Crippen molar-refractivity contribution in [1.82, 2.24) is 10.3 Å². The summed E-state index contributed by atoms with van der Waals surface area (Å²) < 4.78 is 42.2. The Balaban J connectivity index is 0.00000200. The molecule has 0 bridgehead atoms. The van der Waals surface area contributed by atoms with Gasteiger partial charge in [0.05, 0.1) is 11.3 Å². The Kier molecular flexibility index (Phi) is 5.05. The van der Waals surface area contributed by atoms with Gasteiger partial charge >= 0.3 is 6.18 Å². The molecule has 0 saturated heterocycles. The molecule has 1 aliphatic carbocycles. The van der Waals surface area contributed by atoms with Gasteiger partial charge in [-0.2, -0.15) is 19.1 Å². The fraction of sp³-hybridized carbons (Fsp3) is 0.538. The van der Waals surface area contributed by atoms with Gasteiger partial charge in [0.25, 0.3) is 0 Å². The van der Waals surface area contributed by atoms with Gasteiger partial charge in [-0.1, -0.05) is 19.4 Å². The molecular weight excluding hydrogens is 519 g/mol. The molecule has 20 heavy (non-hydrogen) atoms. The number of pyridine rings is 1. The van der Waals surface area contributed by atoms with E-state index in [1.807, 2.05) is 0 Å². The zero-order chi connectivity index (χ0) is 13.9. The molecule has 1 N–H and O–H groups in total. The van der Waals surface area contributed by atoms with Crippen molar-refractivity contribution in [3.63, 3.8) is 0 Å². The van der Waals surface area contributed by atoms with E-state index in [9.17, 15) is 13.2 Å². The van der Waals surface area contributed by atoms with Gasteiger partial charge in [-0.15, -0.1) is 0 Å². The maximum atomic E-state index is 12.4. The Morgan fingerprint density at radius 3 is 2.55 bits per heavy atom. The van der Waals surface area contributed by atoms with Crippen molar-refractivity contribution in [3.05, 3.63) is 35.6 Å². The van der Waals surface area contributed by atoms with Crippen molar-refractivity contribution in [2.75, 3.05) is 13.7 Å².